The second kappa shape index (κ2) is 11.5. The lowest BCUT2D eigenvalue weighted by Gasteiger charge is -2.27. The number of halogens is 1. The summed E-state index contributed by atoms with van der Waals surface area (Å²) < 4.78 is 0. The molecule has 1 aromatic heterocycles. The van der Waals surface area contributed by atoms with Crippen molar-refractivity contribution in [2.45, 2.75) is 59.5 Å². The van der Waals surface area contributed by atoms with Gasteiger partial charge in [-0.05, 0) is 24.8 Å². The lowest BCUT2D eigenvalue weighted by atomic mass is 10.0. The number of hydrogen-bond donors (Lipinski definition) is 3. The first-order valence-electron chi connectivity index (χ1n) is 10.2. The summed E-state index contributed by atoms with van der Waals surface area (Å²) >= 11 is 0. The summed E-state index contributed by atoms with van der Waals surface area (Å²) in [6, 6.07) is 6.05. The van der Waals surface area contributed by atoms with Gasteiger partial charge in [0.05, 0.1) is 11.9 Å². The molecule has 2 atom stereocenters. The molecular formula is C22H31ClN4O4. The van der Waals surface area contributed by atoms with E-state index in [4.69, 9.17) is 5.11 Å². The molecule has 8 nitrogen and oxygen atoms in total. The second-order valence-electron chi connectivity index (χ2n) is 7.38. The summed E-state index contributed by atoms with van der Waals surface area (Å²) in [5.41, 5.74) is 2.91. The lowest BCUT2D eigenvalue weighted by molar-refractivity contribution is -0.137. The number of imide groups is 1. The normalized spacial score (nSPS) is 16.3. The third kappa shape index (κ3) is 6.07. The summed E-state index contributed by atoms with van der Waals surface area (Å²) in [4.78, 5) is 44.9. The number of carboxylic acid groups (broad SMARTS) is 1. The van der Waals surface area contributed by atoms with Crippen LogP contribution < -0.4 is 5.32 Å². The number of aromatic amines is 1. The highest BCUT2D eigenvalue weighted by Crippen LogP contribution is 2.31. The third-order valence-corrected chi connectivity index (χ3v) is 4.85. The molecule has 31 heavy (non-hydrogen) atoms. The minimum atomic E-state index is -1.00. The predicted octanol–water partition coefficient (Wildman–Crippen LogP) is 4.32. The molecule has 1 aliphatic rings. The van der Waals surface area contributed by atoms with E-state index in [1.165, 1.54) is 0 Å². The van der Waals surface area contributed by atoms with Crippen molar-refractivity contribution >= 4 is 30.3 Å². The summed E-state index contributed by atoms with van der Waals surface area (Å²) in [5, 5.41) is 11.4. The topological polar surface area (TPSA) is 115 Å². The number of aryl methyl sites for hydroxylation is 1. The van der Waals surface area contributed by atoms with E-state index in [1.807, 2.05) is 58.9 Å². The quantitative estimate of drug-likeness (QED) is 0.543. The molecule has 3 amide bonds. The number of rotatable bonds is 7. The maximum Gasteiger partial charge on any atom is 0.325 e. The maximum absolute atomic E-state index is 12.8. The summed E-state index contributed by atoms with van der Waals surface area (Å²) in [5.74, 6) is -0.981. The minimum absolute atomic E-state index is 0. The largest absolute Gasteiger partial charge is 0.481 e. The molecule has 1 aliphatic heterocycles. The van der Waals surface area contributed by atoms with E-state index in [1.54, 1.807) is 6.20 Å². The average molecular weight is 451 g/mol. The summed E-state index contributed by atoms with van der Waals surface area (Å²) in [6.07, 6.45) is 1.57. The number of benzene rings is 1. The van der Waals surface area contributed by atoms with Crippen molar-refractivity contribution < 1.29 is 19.5 Å². The van der Waals surface area contributed by atoms with Gasteiger partial charge in [-0.25, -0.2) is 9.78 Å². The van der Waals surface area contributed by atoms with Gasteiger partial charge in [0.15, 0.2) is 0 Å². The number of nitrogens with one attached hydrogen (secondary N) is 2. The molecular weight excluding hydrogens is 420 g/mol. The Bertz CT molecular complexity index is 895. The first-order chi connectivity index (χ1) is 14.3. The first-order valence-corrected chi connectivity index (χ1v) is 10.2. The van der Waals surface area contributed by atoms with Crippen LogP contribution in [0, 0.1) is 12.8 Å². The summed E-state index contributed by atoms with van der Waals surface area (Å²) in [7, 11) is 0. The van der Waals surface area contributed by atoms with Gasteiger partial charge in [-0.1, -0.05) is 57.5 Å². The molecule has 0 aliphatic carbocycles. The van der Waals surface area contributed by atoms with Gasteiger partial charge >= 0.3 is 12.0 Å². The van der Waals surface area contributed by atoms with E-state index in [9.17, 15) is 14.4 Å². The van der Waals surface area contributed by atoms with Gasteiger partial charge in [-0.15, -0.1) is 12.4 Å². The molecule has 0 bridgehead atoms. The Labute approximate surface area is 188 Å². The molecule has 3 rings (SSSR count). The van der Waals surface area contributed by atoms with Gasteiger partial charge < -0.3 is 15.4 Å². The number of carbonyl (C=O) groups is 3. The Kier molecular flexibility index (Phi) is 9.71. The Balaban J connectivity index is 0.00000156. The molecule has 1 aromatic carbocycles. The summed E-state index contributed by atoms with van der Waals surface area (Å²) in [6.45, 7) is 9.82. The molecule has 170 valence electrons. The Hall–Kier alpha value is -2.87. The SMILES string of the molecule is CC.Cc1ccc(-c2cnc([C@H](C(C)C)N3C(=O)N[C@H](CCC(=O)O)C3=O)[nH]2)cc1.Cl. The molecule has 0 saturated carbocycles. The first kappa shape index (κ1) is 26.2. The van der Waals surface area contributed by atoms with Crippen molar-refractivity contribution in [2.75, 3.05) is 0 Å². The smallest absolute Gasteiger partial charge is 0.325 e. The van der Waals surface area contributed by atoms with Crippen LogP contribution in [0.4, 0.5) is 4.79 Å². The van der Waals surface area contributed by atoms with Crippen LogP contribution in [0.5, 0.6) is 0 Å². The van der Waals surface area contributed by atoms with Gasteiger partial charge in [0.1, 0.15) is 17.9 Å². The van der Waals surface area contributed by atoms with Crippen molar-refractivity contribution in [2.24, 2.45) is 5.92 Å². The zero-order valence-electron chi connectivity index (χ0n) is 18.5. The zero-order valence-corrected chi connectivity index (χ0v) is 19.3. The zero-order chi connectivity index (χ0) is 22.4. The number of carboxylic acids is 1. The van der Waals surface area contributed by atoms with Crippen molar-refractivity contribution in [3.8, 4) is 11.3 Å². The monoisotopic (exact) mass is 450 g/mol. The van der Waals surface area contributed by atoms with Crippen LogP contribution in [0.15, 0.2) is 30.5 Å². The average Bonchev–Trinajstić information content (AvgIpc) is 3.29. The van der Waals surface area contributed by atoms with Gasteiger partial charge in [-0.3, -0.25) is 14.5 Å². The van der Waals surface area contributed by atoms with Crippen LogP contribution in [0.2, 0.25) is 0 Å². The molecule has 2 heterocycles. The molecule has 2 aromatic rings. The Morgan fingerprint density at radius 1 is 1.19 bits per heavy atom. The number of carbonyl (C=O) groups excluding carboxylic acids is 2. The lowest BCUT2D eigenvalue weighted by Crippen LogP contribution is -2.38. The highest BCUT2D eigenvalue weighted by Gasteiger charge is 2.44. The number of nitrogens with zero attached hydrogens (tertiary/aromatic N) is 2. The third-order valence-electron chi connectivity index (χ3n) is 4.85. The van der Waals surface area contributed by atoms with Crippen molar-refractivity contribution in [3.63, 3.8) is 0 Å². The number of H-pyrrole nitrogens is 1. The van der Waals surface area contributed by atoms with E-state index < -0.39 is 30.0 Å². The van der Waals surface area contributed by atoms with Gasteiger partial charge in [0, 0.05) is 6.42 Å². The van der Waals surface area contributed by atoms with Crippen LogP contribution in [0.1, 0.15) is 58.0 Å². The van der Waals surface area contributed by atoms with E-state index in [0.717, 1.165) is 21.7 Å². The molecule has 3 N–H and O–H groups in total. The Morgan fingerprint density at radius 2 is 1.81 bits per heavy atom. The van der Waals surface area contributed by atoms with Crippen molar-refractivity contribution in [1.82, 2.24) is 20.2 Å². The number of urea groups is 1. The molecule has 0 spiro atoms. The molecule has 9 heteroatoms. The molecule has 1 saturated heterocycles. The Morgan fingerprint density at radius 3 is 2.35 bits per heavy atom. The minimum Gasteiger partial charge on any atom is -0.481 e. The fourth-order valence-corrected chi connectivity index (χ4v) is 3.38. The van der Waals surface area contributed by atoms with Crippen molar-refractivity contribution in [3.05, 3.63) is 41.9 Å². The highest BCUT2D eigenvalue weighted by atomic mass is 35.5. The number of aliphatic carboxylic acids is 1. The van der Waals surface area contributed by atoms with E-state index in [-0.39, 0.29) is 31.2 Å². The standard InChI is InChI=1S/C20H24N4O4.C2H6.ClH/c1-11(2)17(24-19(27)14(23-20(24)28)8-9-16(25)26)18-21-10-15(22-18)13-6-4-12(3)5-7-13;1-2;/h4-7,10-11,14,17H,8-9H2,1-3H3,(H,21,22)(H,23,28)(H,25,26);1-2H3;1H/t14-,17+;;/m1../s1. The fourth-order valence-electron chi connectivity index (χ4n) is 3.38. The van der Waals surface area contributed by atoms with E-state index in [2.05, 4.69) is 15.3 Å². The second-order valence-corrected chi connectivity index (χ2v) is 7.38. The fraction of sp³-hybridized carbons (Fsp3) is 0.455. The van der Waals surface area contributed by atoms with E-state index in [0.29, 0.717) is 5.82 Å². The molecule has 1 fully saturated rings. The van der Waals surface area contributed by atoms with Gasteiger partial charge in [-0.2, -0.15) is 0 Å². The maximum atomic E-state index is 12.8. The number of amides is 3. The number of imidazole rings is 1. The van der Waals surface area contributed by atoms with E-state index >= 15 is 0 Å². The predicted molar refractivity (Wildman–Crippen MR) is 121 cm³/mol. The van der Waals surface area contributed by atoms with Crippen molar-refractivity contribution in [1.29, 1.82) is 0 Å². The van der Waals surface area contributed by atoms with Crippen LogP contribution in [-0.4, -0.2) is 43.9 Å². The highest BCUT2D eigenvalue weighted by molar-refractivity contribution is 6.04. The molecule has 0 unspecified atom stereocenters. The van der Waals surface area contributed by atoms with Crippen LogP contribution >= 0.6 is 12.4 Å². The number of hydrogen-bond acceptors (Lipinski definition) is 4. The van der Waals surface area contributed by atoms with Crippen LogP contribution in [0.3, 0.4) is 0 Å². The molecule has 0 radical (unpaired) electrons. The van der Waals surface area contributed by atoms with Gasteiger partial charge in [0.25, 0.3) is 5.91 Å². The van der Waals surface area contributed by atoms with Crippen LogP contribution in [-0.2, 0) is 9.59 Å². The number of aromatic nitrogens is 2. The van der Waals surface area contributed by atoms with Gasteiger partial charge in [0.2, 0.25) is 0 Å². The van der Waals surface area contributed by atoms with Crippen LogP contribution in [0.25, 0.3) is 11.3 Å².